The molecule has 2 aromatic rings. The molecule has 116 valence electrons. The van der Waals surface area contributed by atoms with Gasteiger partial charge in [0.25, 0.3) is 5.91 Å². The van der Waals surface area contributed by atoms with Gasteiger partial charge >= 0.3 is 0 Å². The van der Waals surface area contributed by atoms with Crippen LogP contribution in [-0.2, 0) is 0 Å². The minimum Gasteiger partial charge on any atom is -0.358 e. The summed E-state index contributed by atoms with van der Waals surface area (Å²) in [6.07, 6.45) is 5.39. The Bertz CT molecular complexity index is 608. The summed E-state index contributed by atoms with van der Waals surface area (Å²) < 4.78 is 0. The Morgan fingerprint density at radius 1 is 1.18 bits per heavy atom. The van der Waals surface area contributed by atoms with Crippen LogP contribution in [0, 0.1) is 6.92 Å². The first-order valence-electron chi connectivity index (χ1n) is 7.51. The first-order chi connectivity index (χ1) is 10.6. The lowest BCUT2D eigenvalue weighted by Crippen LogP contribution is -2.21. The normalized spacial score (nSPS) is 10.3. The van der Waals surface area contributed by atoms with Crippen LogP contribution in [0.5, 0.6) is 0 Å². The smallest absolute Gasteiger partial charge is 0.275 e. The SMILES string of the molecule is CCCCN(C)c1cnc(C(=O)Nc2ccc(C)cc2)cn1. The molecule has 1 N–H and O–H groups in total. The zero-order valence-electron chi connectivity index (χ0n) is 13.3. The topological polar surface area (TPSA) is 58.1 Å². The summed E-state index contributed by atoms with van der Waals surface area (Å²) in [4.78, 5) is 22.7. The van der Waals surface area contributed by atoms with Crippen LogP contribution in [0.1, 0.15) is 35.8 Å². The van der Waals surface area contributed by atoms with E-state index in [4.69, 9.17) is 0 Å². The monoisotopic (exact) mass is 298 g/mol. The molecule has 0 spiro atoms. The Kier molecular flexibility index (Phi) is 5.47. The third kappa shape index (κ3) is 4.28. The molecule has 0 bridgehead atoms. The number of hydrogen-bond acceptors (Lipinski definition) is 4. The van der Waals surface area contributed by atoms with Crippen LogP contribution in [0.15, 0.2) is 36.7 Å². The minimum absolute atomic E-state index is 0.251. The molecular formula is C17H22N4O. The highest BCUT2D eigenvalue weighted by Crippen LogP contribution is 2.11. The summed E-state index contributed by atoms with van der Waals surface area (Å²) in [6, 6.07) is 7.64. The number of nitrogens with one attached hydrogen (secondary N) is 1. The highest BCUT2D eigenvalue weighted by molar-refractivity contribution is 6.02. The highest BCUT2D eigenvalue weighted by Gasteiger charge is 2.09. The molecule has 0 atom stereocenters. The van der Waals surface area contributed by atoms with Gasteiger partial charge in [-0.25, -0.2) is 9.97 Å². The molecule has 5 heteroatoms. The number of amides is 1. The summed E-state index contributed by atoms with van der Waals surface area (Å²) >= 11 is 0. The Balaban J connectivity index is 2.00. The Morgan fingerprint density at radius 3 is 2.50 bits per heavy atom. The van der Waals surface area contributed by atoms with Crippen LogP contribution >= 0.6 is 0 Å². The van der Waals surface area contributed by atoms with E-state index in [0.717, 1.165) is 36.5 Å². The maximum Gasteiger partial charge on any atom is 0.275 e. The molecule has 0 aliphatic rings. The molecule has 5 nitrogen and oxygen atoms in total. The van der Waals surface area contributed by atoms with Gasteiger partial charge < -0.3 is 10.2 Å². The Labute approximate surface area is 131 Å². The quantitative estimate of drug-likeness (QED) is 0.889. The molecule has 0 radical (unpaired) electrons. The van der Waals surface area contributed by atoms with Crippen molar-refractivity contribution in [2.45, 2.75) is 26.7 Å². The minimum atomic E-state index is -0.251. The molecule has 0 unspecified atom stereocenters. The van der Waals surface area contributed by atoms with Crippen molar-refractivity contribution in [1.29, 1.82) is 0 Å². The lowest BCUT2D eigenvalue weighted by atomic mass is 10.2. The van der Waals surface area contributed by atoms with E-state index in [2.05, 4.69) is 22.2 Å². The molecule has 1 aromatic carbocycles. The fourth-order valence-corrected chi connectivity index (χ4v) is 1.98. The van der Waals surface area contributed by atoms with E-state index in [-0.39, 0.29) is 5.91 Å². The van der Waals surface area contributed by atoms with Gasteiger partial charge in [0.2, 0.25) is 0 Å². The number of anilines is 2. The second-order valence-corrected chi connectivity index (χ2v) is 5.36. The van der Waals surface area contributed by atoms with Crippen molar-refractivity contribution in [1.82, 2.24) is 9.97 Å². The van der Waals surface area contributed by atoms with Crippen molar-refractivity contribution in [3.8, 4) is 0 Å². The van der Waals surface area contributed by atoms with Crippen LogP contribution in [0.25, 0.3) is 0 Å². The van der Waals surface area contributed by atoms with Crippen LogP contribution in [-0.4, -0.2) is 29.5 Å². The Morgan fingerprint density at radius 2 is 1.91 bits per heavy atom. The molecule has 0 saturated carbocycles. The molecule has 0 aliphatic heterocycles. The number of carbonyl (C=O) groups excluding carboxylic acids is 1. The third-order valence-electron chi connectivity index (χ3n) is 3.42. The zero-order valence-corrected chi connectivity index (χ0v) is 13.3. The maximum absolute atomic E-state index is 12.1. The molecule has 22 heavy (non-hydrogen) atoms. The molecule has 2 rings (SSSR count). The number of unbranched alkanes of at least 4 members (excludes halogenated alkanes) is 1. The summed E-state index contributed by atoms with van der Waals surface area (Å²) in [5, 5.41) is 2.81. The van der Waals surface area contributed by atoms with Crippen LogP contribution in [0.2, 0.25) is 0 Å². The molecular weight excluding hydrogens is 276 g/mol. The van der Waals surface area contributed by atoms with E-state index in [0.29, 0.717) is 5.69 Å². The van der Waals surface area contributed by atoms with Crippen LogP contribution in [0.4, 0.5) is 11.5 Å². The van der Waals surface area contributed by atoms with Gasteiger partial charge in [0.1, 0.15) is 11.5 Å². The van der Waals surface area contributed by atoms with E-state index in [1.807, 2.05) is 43.1 Å². The van der Waals surface area contributed by atoms with E-state index in [1.54, 1.807) is 6.20 Å². The molecule has 0 saturated heterocycles. The molecule has 0 fully saturated rings. The average molecular weight is 298 g/mol. The average Bonchev–Trinajstić information content (AvgIpc) is 2.55. The number of aromatic nitrogens is 2. The second kappa shape index (κ2) is 7.54. The van der Waals surface area contributed by atoms with Crippen molar-refractivity contribution in [2.75, 3.05) is 23.8 Å². The van der Waals surface area contributed by atoms with Crippen molar-refractivity contribution in [3.63, 3.8) is 0 Å². The van der Waals surface area contributed by atoms with Gasteiger partial charge in [-0.3, -0.25) is 4.79 Å². The Hall–Kier alpha value is -2.43. The summed E-state index contributed by atoms with van der Waals surface area (Å²) in [5.74, 6) is 0.527. The van der Waals surface area contributed by atoms with Gasteiger partial charge in [0, 0.05) is 19.3 Å². The predicted octanol–water partition coefficient (Wildman–Crippen LogP) is 3.27. The number of rotatable bonds is 6. The number of aryl methyl sites for hydroxylation is 1. The first kappa shape index (κ1) is 15.9. The second-order valence-electron chi connectivity index (χ2n) is 5.36. The fraction of sp³-hybridized carbons (Fsp3) is 0.353. The van der Waals surface area contributed by atoms with Gasteiger partial charge in [-0.05, 0) is 25.5 Å². The van der Waals surface area contributed by atoms with Crippen molar-refractivity contribution >= 4 is 17.4 Å². The number of hydrogen-bond donors (Lipinski definition) is 1. The predicted molar refractivity (Wildman–Crippen MR) is 89.3 cm³/mol. The van der Waals surface area contributed by atoms with E-state index >= 15 is 0 Å². The van der Waals surface area contributed by atoms with E-state index in [9.17, 15) is 4.79 Å². The molecule has 1 heterocycles. The van der Waals surface area contributed by atoms with E-state index < -0.39 is 0 Å². The molecule has 0 aliphatic carbocycles. The zero-order chi connectivity index (χ0) is 15.9. The van der Waals surface area contributed by atoms with Gasteiger partial charge in [-0.15, -0.1) is 0 Å². The van der Waals surface area contributed by atoms with Gasteiger partial charge in [-0.1, -0.05) is 31.0 Å². The molecule has 1 aromatic heterocycles. The van der Waals surface area contributed by atoms with Gasteiger partial charge in [-0.2, -0.15) is 0 Å². The molecule has 1 amide bonds. The van der Waals surface area contributed by atoms with Crippen molar-refractivity contribution < 1.29 is 4.79 Å². The van der Waals surface area contributed by atoms with Crippen molar-refractivity contribution in [3.05, 3.63) is 47.9 Å². The number of benzene rings is 1. The lowest BCUT2D eigenvalue weighted by molar-refractivity contribution is 0.102. The van der Waals surface area contributed by atoms with Crippen molar-refractivity contribution in [2.24, 2.45) is 0 Å². The number of carbonyl (C=O) groups is 1. The lowest BCUT2D eigenvalue weighted by Gasteiger charge is -2.17. The maximum atomic E-state index is 12.1. The standard InChI is InChI=1S/C17H22N4O/c1-4-5-10-21(3)16-12-18-15(11-19-16)17(22)20-14-8-6-13(2)7-9-14/h6-9,11-12H,4-5,10H2,1-3H3,(H,20,22). The number of nitrogens with zero attached hydrogens (tertiary/aromatic N) is 3. The largest absolute Gasteiger partial charge is 0.358 e. The van der Waals surface area contributed by atoms with Crippen LogP contribution < -0.4 is 10.2 Å². The van der Waals surface area contributed by atoms with E-state index in [1.165, 1.54) is 6.20 Å². The third-order valence-corrected chi connectivity index (χ3v) is 3.42. The fourth-order valence-electron chi connectivity index (χ4n) is 1.98. The summed E-state index contributed by atoms with van der Waals surface area (Å²) in [6.45, 7) is 5.09. The summed E-state index contributed by atoms with van der Waals surface area (Å²) in [5.41, 5.74) is 2.21. The first-order valence-corrected chi connectivity index (χ1v) is 7.51. The van der Waals surface area contributed by atoms with Gasteiger partial charge in [0.05, 0.1) is 12.4 Å². The highest BCUT2D eigenvalue weighted by atomic mass is 16.1. The summed E-state index contributed by atoms with van der Waals surface area (Å²) in [7, 11) is 1.98. The van der Waals surface area contributed by atoms with Crippen LogP contribution in [0.3, 0.4) is 0 Å². The van der Waals surface area contributed by atoms with Gasteiger partial charge in [0.15, 0.2) is 0 Å².